The molecule has 66 valence electrons. The van der Waals surface area contributed by atoms with Gasteiger partial charge in [-0.1, -0.05) is 0 Å². The second-order valence-electron chi connectivity index (χ2n) is 2.25. The Labute approximate surface area is 73.4 Å². The number of anilines is 1. The third-order valence-electron chi connectivity index (χ3n) is 1.37. The maximum atomic E-state index is 12.2. The van der Waals surface area contributed by atoms with Gasteiger partial charge in [0.25, 0.3) is 6.43 Å². The van der Waals surface area contributed by atoms with Crippen LogP contribution in [0.3, 0.4) is 0 Å². The molecule has 1 aromatic heterocycles. The lowest BCUT2D eigenvalue weighted by molar-refractivity contribution is 0.145. The molecule has 1 aromatic rings. The van der Waals surface area contributed by atoms with E-state index >= 15 is 0 Å². The lowest BCUT2D eigenvalue weighted by Gasteiger charge is -2.04. The van der Waals surface area contributed by atoms with Gasteiger partial charge in [-0.05, 0) is 11.6 Å². The van der Waals surface area contributed by atoms with Crippen molar-refractivity contribution in [3.05, 3.63) is 23.5 Å². The molecule has 5 heteroatoms. The van der Waals surface area contributed by atoms with Crippen LogP contribution in [0.15, 0.2) is 12.3 Å². The summed E-state index contributed by atoms with van der Waals surface area (Å²) in [6, 6.07) is 1.40. The fourth-order valence-electron chi connectivity index (χ4n) is 0.843. The molecule has 0 aromatic carbocycles. The minimum Gasteiger partial charge on any atom is -0.397 e. The molecule has 0 saturated heterocycles. The number of pyridine rings is 1. The van der Waals surface area contributed by atoms with Crippen LogP contribution >= 0.6 is 11.6 Å². The summed E-state index contributed by atoms with van der Waals surface area (Å²) < 4.78 is 24.4. The van der Waals surface area contributed by atoms with E-state index in [1.165, 1.54) is 12.3 Å². The molecule has 0 saturated carbocycles. The van der Waals surface area contributed by atoms with Crippen LogP contribution in [0.25, 0.3) is 0 Å². The summed E-state index contributed by atoms with van der Waals surface area (Å²) in [5.41, 5.74) is 5.67. The quantitative estimate of drug-likeness (QED) is 0.731. The van der Waals surface area contributed by atoms with Gasteiger partial charge < -0.3 is 5.73 Å². The van der Waals surface area contributed by atoms with Gasteiger partial charge in [-0.25, -0.2) is 8.78 Å². The Morgan fingerprint density at radius 1 is 1.58 bits per heavy atom. The van der Waals surface area contributed by atoms with Crippen molar-refractivity contribution in [2.45, 2.75) is 12.3 Å². The lowest BCUT2D eigenvalue weighted by Crippen LogP contribution is -1.98. The first kappa shape index (κ1) is 9.19. The smallest absolute Gasteiger partial charge is 0.280 e. The van der Waals surface area contributed by atoms with E-state index in [0.717, 1.165) is 0 Å². The molecule has 2 N–H and O–H groups in total. The maximum Gasteiger partial charge on any atom is 0.280 e. The predicted octanol–water partition coefficient (Wildman–Crippen LogP) is 2.34. The molecule has 0 amide bonds. The number of halogens is 3. The standard InChI is InChI=1S/C7H7ClF2N2/c8-2-4-1-5(11)3-12-6(4)7(9)10/h1,3,7H,2,11H2. The van der Waals surface area contributed by atoms with E-state index in [9.17, 15) is 8.78 Å². The summed E-state index contributed by atoms with van der Waals surface area (Å²) in [6.07, 6.45) is -1.41. The second kappa shape index (κ2) is 3.67. The summed E-state index contributed by atoms with van der Waals surface area (Å²) >= 11 is 5.42. The first-order valence-corrected chi connectivity index (χ1v) is 3.77. The molecule has 0 bridgehead atoms. The molecule has 0 radical (unpaired) electrons. The van der Waals surface area contributed by atoms with Crippen molar-refractivity contribution in [2.75, 3.05) is 5.73 Å². The summed E-state index contributed by atoms with van der Waals surface area (Å²) in [4.78, 5) is 3.49. The van der Waals surface area contributed by atoms with Crippen LogP contribution in [-0.2, 0) is 5.88 Å². The Morgan fingerprint density at radius 3 is 2.75 bits per heavy atom. The Balaban J connectivity index is 3.11. The SMILES string of the molecule is Nc1cnc(C(F)F)c(CCl)c1. The van der Waals surface area contributed by atoms with E-state index in [-0.39, 0.29) is 17.1 Å². The van der Waals surface area contributed by atoms with Crippen molar-refractivity contribution >= 4 is 17.3 Å². The van der Waals surface area contributed by atoms with Gasteiger partial charge in [-0.15, -0.1) is 11.6 Å². The molecule has 0 aliphatic rings. The minimum absolute atomic E-state index is 0.00227. The van der Waals surface area contributed by atoms with Crippen LogP contribution in [0, 0.1) is 0 Å². The van der Waals surface area contributed by atoms with Crippen LogP contribution in [0.4, 0.5) is 14.5 Å². The average Bonchev–Trinajstić information content (AvgIpc) is 2.03. The number of rotatable bonds is 2. The zero-order valence-electron chi connectivity index (χ0n) is 6.10. The van der Waals surface area contributed by atoms with Crippen molar-refractivity contribution in [3.63, 3.8) is 0 Å². The number of nitrogen functional groups attached to an aromatic ring is 1. The van der Waals surface area contributed by atoms with Crippen molar-refractivity contribution in [1.29, 1.82) is 0 Å². The van der Waals surface area contributed by atoms with Crippen molar-refractivity contribution < 1.29 is 8.78 Å². The highest BCUT2D eigenvalue weighted by atomic mass is 35.5. The van der Waals surface area contributed by atoms with E-state index in [2.05, 4.69) is 4.98 Å². The van der Waals surface area contributed by atoms with Gasteiger partial charge in [0.1, 0.15) is 5.69 Å². The number of aromatic nitrogens is 1. The zero-order valence-corrected chi connectivity index (χ0v) is 6.85. The highest BCUT2D eigenvalue weighted by Crippen LogP contribution is 2.23. The number of alkyl halides is 3. The van der Waals surface area contributed by atoms with Gasteiger partial charge in [0.15, 0.2) is 0 Å². The summed E-state index contributed by atoms with van der Waals surface area (Å²) in [5, 5.41) is 0. The number of nitrogens with two attached hydrogens (primary N) is 1. The predicted molar refractivity (Wildman–Crippen MR) is 43.2 cm³/mol. The molecule has 0 spiro atoms. The molecule has 2 nitrogen and oxygen atoms in total. The number of hydrogen-bond donors (Lipinski definition) is 1. The highest BCUT2D eigenvalue weighted by Gasteiger charge is 2.13. The molecule has 0 atom stereocenters. The van der Waals surface area contributed by atoms with Crippen LogP contribution in [0.2, 0.25) is 0 Å². The third-order valence-corrected chi connectivity index (χ3v) is 1.66. The summed E-state index contributed by atoms with van der Waals surface area (Å²) in [5.74, 6) is -0.00227. The van der Waals surface area contributed by atoms with Gasteiger partial charge >= 0.3 is 0 Å². The number of nitrogens with zero attached hydrogens (tertiary/aromatic N) is 1. The van der Waals surface area contributed by atoms with Gasteiger partial charge in [0.2, 0.25) is 0 Å². The van der Waals surface area contributed by atoms with Crippen LogP contribution < -0.4 is 5.73 Å². The van der Waals surface area contributed by atoms with Crippen LogP contribution in [-0.4, -0.2) is 4.98 Å². The fourth-order valence-corrected chi connectivity index (χ4v) is 1.06. The van der Waals surface area contributed by atoms with Gasteiger partial charge in [0, 0.05) is 5.88 Å². The first-order valence-electron chi connectivity index (χ1n) is 3.23. The van der Waals surface area contributed by atoms with Gasteiger partial charge in [0.05, 0.1) is 11.9 Å². The first-order chi connectivity index (χ1) is 5.65. The molecule has 0 unspecified atom stereocenters. The molecule has 0 fully saturated rings. The van der Waals surface area contributed by atoms with Crippen molar-refractivity contribution in [1.82, 2.24) is 4.98 Å². The lowest BCUT2D eigenvalue weighted by atomic mass is 10.2. The molecule has 12 heavy (non-hydrogen) atoms. The normalized spacial score (nSPS) is 10.7. The molecule has 1 heterocycles. The Hall–Kier alpha value is -0.900. The Bertz CT molecular complexity index is 278. The third kappa shape index (κ3) is 1.82. The molecular weight excluding hydrogens is 186 g/mol. The van der Waals surface area contributed by atoms with Crippen molar-refractivity contribution in [3.8, 4) is 0 Å². The fraction of sp³-hybridized carbons (Fsp3) is 0.286. The summed E-state index contributed by atoms with van der Waals surface area (Å²) in [7, 11) is 0. The van der Waals surface area contributed by atoms with E-state index in [0.29, 0.717) is 5.69 Å². The molecular formula is C7H7ClF2N2. The topological polar surface area (TPSA) is 38.9 Å². The second-order valence-corrected chi connectivity index (χ2v) is 2.51. The summed E-state index contributed by atoms with van der Waals surface area (Å²) in [6.45, 7) is 0. The highest BCUT2D eigenvalue weighted by molar-refractivity contribution is 6.17. The zero-order chi connectivity index (χ0) is 9.14. The monoisotopic (exact) mass is 192 g/mol. The average molecular weight is 193 g/mol. The molecule has 0 aliphatic carbocycles. The van der Waals surface area contributed by atoms with Crippen molar-refractivity contribution in [2.24, 2.45) is 0 Å². The largest absolute Gasteiger partial charge is 0.397 e. The van der Waals surface area contributed by atoms with E-state index in [1.54, 1.807) is 0 Å². The molecule has 0 aliphatic heterocycles. The Kier molecular flexibility index (Phi) is 2.81. The minimum atomic E-state index is -2.60. The number of hydrogen-bond acceptors (Lipinski definition) is 2. The maximum absolute atomic E-state index is 12.2. The van der Waals surface area contributed by atoms with E-state index in [1.807, 2.05) is 0 Å². The van der Waals surface area contributed by atoms with Gasteiger partial charge in [-0.3, -0.25) is 4.98 Å². The van der Waals surface area contributed by atoms with Gasteiger partial charge in [-0.2, -0.15) is 0 Å². The van der Waals surface area contributed by atoms with E-state index in [4.69, 9.17) is 17.3 Å². The van der Waals surface area contributed by atoms with E-state index < -0.39 is 6.43 Å². The van der Waals surface area contributed by atoms with Crippen LogP contribution in [0.1, 0.15) is 17.7 Å². The van der Waals surface area contributed by atoms with Crippen LogP contribution in [0.5, 0.6) is 0 Å². The molecule has 1 rings (SSSR count). The Morgan fingerprint density at radius 2 is 2.25 bits per heavy atom.